The fourth-order valence-corrected chi connectivity index (χ4v) is 4.71. The first kappa shape index (κ1) is 18.3. The monoisotopic (exact) mass is 385 g/mol. The summed E-state index contributed by atoms with van der Waals surface area (Å²) in [4.78, 5) is 17.8. The number of hydrogen-bond donors (Lipinski definition) is 2. The molecule has 4 heterocycles. The smallest absolute Gasteiger partial charge is 0.227 e. The van der Waals surface area contributed by atoms with Crippen molar-refractivity contribution < 1.29 is 0 Å². The van der Waals surface area contributed by atoms with E-state index < -0.39 is 0 Å². The molecule has 2 aromatic heterocycles. The van der Waals surface area contributed by atoms with E-state index in [0.717, 1.165) is 67.9 Å². The molecule has 1 saturated heterocycles. The van der Waals surface area contributed by atoms with Gasteiger partial charge in [0, 0.05) is 25.3 Å². The molecule has 2 N–H and O–H groups in total. The lowest BCUT2D eigenvalue weighted by molar-refractivity contribution is 0.473. The van der Waals surface area contributed by atoms with Crippen LogP contribution in [0.25, 0.3) is 0 Å². The Morgan fingerprint density at radius 1 is 1.33 bits per heavy atom. The van der Waals surface area contributed by atoms with E-state index in [1.165, 1.54) is 10.6 Å². The minimum absolute atomic E-state index is 0.0366. The van der Waals surface area contributed by atoms with Gasteiger partial charge in [-0.1, -0.05) is 13.0 Å². The number of fused-ring (bicyclic) bond motifs is 1. The minimum Gasteiger partial charge on any atom is -0.359 e. The number of nitrogens with one attached hydrogen (secondary N) is 2. The van der Waals surface area contributed by atoms with Crippen LogP contribution in [0.5, 0.6) is 0 Å². The third-order valence-electron chi connectivity index (χ3n) is 5.31. The van der Waals surface area contributed by atoms with Crippen LogP contribution in [0.2, 0.25) is 0 Å². The second-order valence-corrected chi connectivity index (χ2v) is 8.30. The summed E-state index contributed by atoms with van der Waals surface area (Å²) in [6.45, 7) is 9.97. The number of aryl methyl sites for hydroxylation is 2. The number of rotatable bonds is 6. The van der Waals surface area contributed by atoms with Crippen LogP contribution in [0.15, 0.2) is 17.6 Å². The van der Waals surface area contributed by atoms with Crippen LogP contribution in [0.1, 0.15) is 49.6 Å². The van der Waals surface area contributed by atoms with Crippen LogP contribution in [0.3, 0.4) is 0 Å². The van der Waals surface area contributed by atoms with Gasteiger partial charge in [-0.15, -0.1) is 18.3 Å². The van der Waals surface area contributed by atoms with Gasteiger partial charge in [-0.25, -0.2) is 9.97 Å². The maximum atomic E-state index is 4.93. The highest BCUT2D eigenvalue weighted by Crippen LogP contribution is 2.38. The summed E-state index contributed by atoms with van der Waals surface area (Å²) >= 11 is 1.84. The Balaban J connectivity index is 1.60. The Morgan fingerprint density at radius 3 is 2.81 bits per heavy atom. The number of H-pyrrole nitrogens is 1. The van der Waals surface area contributed by atoms with Crippen molar-refractivity contribution in [2.45, 2.75) is 50.5 Å². The maximum Gasteiger partial charge on any atom is 0.227 e. The second-order valence-electron chi connectivity index (χ2n) is 7.19. The van der Waals surface area contributed by atoms with Gasteiger partial charge in [0.05, 0.1) is 16.6 Å². The van der Waals surface area contributed by atoms with E-state index in [2.05, 4.69) is 45.0 Å². The van der Waals surface area contributed by atoms with Gasteiger partial charge in [0.15, 0.2) is 5.82 Å². The van der Waals surface area contributed by atoms with Gasteiger partial charge in [0.25, 0.3) is 0 Å². The number of thioether (sulfide) groups is 1. The number of piperidine rings is 1. The molecule has 7 nitrogen and oxygen atoms in total. The Labute approximate surface area is 164 Å². The van der Waals surface area contributed by atoms with E-state index in [1.54, 1.807) is 0 Å². The number of hydrogen-bond acceptors (Lipinski definition) is 7. The van der Waals surface area contributed by atoms with Crippen LogP contribution >= 0.6 is 11.8 Å². The molecule has 1 fully saturated rings. The molecule has 0 amide bonds. The molecule has 8 heteroatoms. The summed E-state index contributed by atoms with van der Waals surface area (Å²) < 4.78 is 0. The van der Waals surface area contributed by atoms with Crippen molar-refractivity contribution in [1.29, 1.82) is 0 Å². The number of allylic oxidation sites excluding steroid dienone is 1. The molecular formula is C19H27N7S. The van der Waals surface area contributed by atoms with Crippen molar-refractivity contribution in [2.24, 2.45) is 5.92 Å². The van der Waals surface area contributed by atoms with Crippen molar-refractivity contribution in [3.63, 3.8) is 0 Å². The summed E-state index contributed by atoms with van der Waals surface area (Å²) in [5.41, 5.74) is 1.17. The van der Waals surface area contributed by atoms with E-state index in [-0.39, 0.29) is 6.04 Å². The minimum atomic E-state index is 0.0366. The van der Waals surface area contributed by atoms with E-state index >= 15 is 0 Å². The van der Waals surface area contributed by atoms with Crippen LogP contribution in [-0.2, 0) is 6.42 Å². The lowest BCUT2D eigenvalue weighted by atomic mass is 9.97. The third kappa shape index (κ3) is 3.81. The highest BCUT2D eigenvalue weighted by atomic mass is 32.2. The van der Waals surface area contributed by atoms with Crippen LogP contribution in [0.4, 0.5) is 11.8 Å². The Morgan fingerprint density at radius 2 is 2.15 bits per heavy atom. The van der Waals surface area contributed by atoms with Gasteiger partial charge in [-0.3, -0.25) is 5.10 Å². The molecule has 27 heavy (non-hydrogen) atoms. The Kier molecular flexibility index (Phi) is 5.33. The molecule has 0 radical (unpaired) electrons. The van der Waals surface area contributed by atoms with Crippen molar-refractivity contribution >= 4 is 23.5 Å². The molecule has 0 bridgehead atoms. The lowest BCUT2D eigenvalue weighted by Gasteiger charge is -2.31. The average molecular weight is 386 g/mol. The summed E-state index contributed by atoms with van der Waals surface area (Å²) in [5.74, 6) is 5.08. The number of nitrogens with zero attached hydrogens (tertiary/aromatic N) is 5. The molecule has 2 aromatic rings. The zero-order chi connectivity index (χ0) is 18.8. The van der Waals surface area contributed by atoms with E-state index in [4.69, 9.17) is 9.97 Å². The fraction of sp³-hybridized carbons (Fsp3) is 0.579. The molecule has 0 unspecified atom stereocenters. The molecule has 0 aromatic carbocycles. The van der Waals surface area contributed by atoms with Gasteiger partial charge < -0.3 is 10.2 Å². The van der Waals surface area contributed by atoms with Crippen LogP contribution in [-0.4, -0.2) is 44.0 Å². The number of aromatic nitrogens is 5. The predicted octanol–water partition coefficient (Wildman–Crippen LogP) is 3.52. The standard InChI is InChI=1S/C19H27N7S/c1-4-13-6-9-26(10-7-13)19-22-15-8-11-27-16(15)18(23-19)21-14(5-2)17-20-12(3)24-25-17/h4,13-14H,1,5-11H2,2-3H3,(H,20,24,25)(H,21,22,23)/t14-/m1/s1. The fourth-order valence-electron chi connectivity index (χ4n) is 3.66. The van der Waals surface area contributed by atoms with Crippen molar-refractivity contribution in [3.8, 4) is 0 Å². The maximum absolute atomic E-state index is 4.93. The van der Waals surface area contributed by atoms with E-state index in [1.807, 2.05) is 18.7 Å². The molecule has 0 aliphatic carbocycles. The van der Waals surface area contributed by atoms with Crippen molar-refractivity contribution in [1.82, 2.24) is 25.1 Å². The topological polar surface area (TPSA) is 82.6 Å². The molecule has 4 rings (SSSR count). The average Bonchev–Trinajstić information content (AvgIpc) is 3.34. The Bertz CT molecular complexity index is 810. The quantitative estimate of drug-likeness (QED) is 0.736. The number of aromatic amines is 1. The summed E-state index contributed by atoms with van der Waals surface area (Å²) in [5, 5.41) is 10.9. The van der Waals surface area contributed by atoms with E-state index in [0.29, 0.717) is 5.92 Å². The highest BCUT2D eigenvalue weighted by Gasteiger charge is 2.26. The second kappa shape index (κ2) is 7.88. The van der Waals surface area contributed by atoms with Gasteiger partial charge in [-0.05, 0) is 32.1 Å². The molecule has 2 aliphatic rings. The SMILES string of the molecule is C=CC1CCN(c2nc3c(c(N[C@H](CC)c4n[nH]c(C)n4)n2)SCC3)CC1. The summed E-state index contributed by atoms with van der Waals surface area (Å²) in [7, 11) is 0. The normalized spacial score (nSPS) is 18.4. The largest absolute Gasteiger partial charge is 0.359 e. The third-order valence-corrected chi connectivity index (χ3v) is 6.44. The summed E-state index contributed by atoms with van der Waals surface area (Å²) in [6, 6.07) is 0.0366. The highest BCUT2D eigenvalue weighted by molar-refractivity contribution is 7.99. The zero-order valence-corrected chi connectivity index (χ0v) is 16.8. The van der Waals surface area contributed by atoms with Gasteiger partial charge in [0.1, 0.15) is 11.6 Å². The molecule has 0 spiro atoms. The Hall–Kier alpha value is -2.09. The van der Waals surface area contributed by atoms with Crippen molar-refractivity contribution in [3.05, 3.63) is 30.0 Å². The zero-order valence-electron chi connectivity index (χ0n) is 16.0. The van der Waals surface area contributed by atoms with Gasteiger partial charge in [0.2, 0.25) is 5.95 Å². The molecule has 0 saturated carbocycles. The van der Waals surface area contributed by atoms with Crippen molar-refractivity contribution in [2.75, 3.05) is 29.1 Å². The molecule has 144 valence electrons. The van der Waals surface area contributed by atoms with Gasteiger partial charge >= 0.3 is 0 Å². The predicted molar refractivity (Wildman–Crippen MR) is 109 cm³/mol. The van der Waals surface area contributed by atoms with Crippen LogP contribution in [0, 0.1) is 12.8 Å². The first-order valence-electron chi connectivity index (χ1n) is 9.74. The molecule has 1 atom stereocenters. The summed E-state index contributed by atoms with van der Waals surface area (Å²) in [6.07, 6.45) is 6.21. The molecule has 2 aliphatic heterocycles. The number of anilines is 2. The van der Waals surface area contributed by atoms with Gasteiger partial charge in [-0.2, -0.15) is 10.1 Å². The first-order chi connectivity index (χ1) is 13.2. The van der Waals surface area contributed by atoms with Crippen LogP contribution < -0.4 is 10.2 Å². The van der Waals surface area contributed by atoms with E-state index in [9.17, 15) is 0 Å². The molecular weight excluding hydrogens is 358 g/mol. The lowest BCUT2D eigenvalue weighted by Crippen LogP contribution is -2.34. The first-order valence-corrected chi connectivity index (χ1v) is 10.7.